The van der Waals surface area contributed by atoms with Crippen LogP contribution >= 0.6 is 39.4 Å². The minimum absolute atomic E-state index is 0.0369. The van der Waals surface area contributed by atoms with Gasteiger partial charge in [-0.2, -0.15) is 23.5 Å². The Morgan fingerprint density at radius 1 is 0.471 bits per heavy atom. The molecule has 630 valence electrons. The van der Waals surface area contributed by atoms with Gasteiger partial charge in [0.15, 0.2) is 6.35 Å². The number of hydrogen-bond acceptors (Lipinski definition) is 24. The quantitative estimate of drug-likeness (QED) is 0.00405. The van der Waals surface area contributed by atoms with Crippen molar-refractivity contribution in [1.29, 1.82) is 0 Å². The first-order valence-electron chi connectivity index (χ1n) is 37.8. The number of aliphatic hydroxyl groups is 1. The number of hydroxylamine groups is 1. The number of ether oxygens (including phenoxy) is 4. The van der Waals surface area contributed by atoms with E-state index in [0.29, 0.717) is 81.0 Å². The SMILES string of the molecule is COC(=O)c1ccc(C(=O)NOCCNC(=O)CCCC[C@H]2SCC3NC(O)NC32)cc1P(c1ccccc1)c1ccccc1.COC(=O)c1ccc(C(=O)O)cc1C.COC(=O)c1ccc(C(=O)O)cc1N.COC(=O)c1ccc(C(=O)O)cc1P(c1ccccc1)c1ccccc1.NOCCNC(=O)CCCC[C@H]1SCC2NC(=O)NC21. The summed E-state index contributed by atoms with van der Waals surface area (Å²) in [6.07, 6.45) is 5.94. The number of anilines is 1. The van der Waals surface area contributed by atoms with E-state index in [-0.39, 0.29) is 77.1 Å². The van der Waals surface area contributed by atoms with E-state index >= 15 is 0 Å². The van der Waals surface area contributed by atoms with Crippen LogP contribution in [0.15, 0.2) is 194 Å². The Hall–Kier alpha value is -11.2. The van der Waals surface area contributed by atoms with Gasteiger partial charge < -0.3 is 71.2 Å². The number of methoxy groups -OCH3 is 4. The molecular weight excluding hydrogens is 1610 g/mol. The molecule has 0 aromatic heterocycles. The number of thioether (sulfide) groups is 2. The van der Waals surface area contributed by atoms with Crippen molar-refractivity contribution in [3.05, 3.63) is 244 Å². The number of nitrogens with two attached hydrogens (primary N) is 2. The summed E-state index contributed by atoms with van der Waals surface area (Å²) < 4.78 is 19.0. The van der Waals surface area contributed by atoms with Crippen molar-refractivity contribution in [3.63, 3.8) is 0 Å². The summed E-state index contributed by atoms with van der Waals surface area (Å²) >= 11 is 3.81. The second-order valence-electron chi connectivity index (χ2n) is 26.9. The number of rotatable bonds is 31. The molecule has 0 saturated carbocycles. The number of aliphatic hydroxyl groups excluding tert-OH is 1. The number of nitrogens with one attached hydrogen (secondary N) is 7. The highest BCUT2D eigenvalue weighted by Gasteiger charge is 2.44. The summed E-state index contributed by atoms with van der Waals surface area (Å²) in [5.74, 6) is 1.23. The highest BCUT2D eigenvalue weighted by atomic mass is 32.2. The molecule has 4 aliphatic heterocycles. The average Bonchev–Trinajstić information content (AvgIpc) is 1.70. The van der Waals surface area contributed by atoms with Crippen molar-refractivity contribution in [2.24, 2.45) is 5.90 Å². The number of aromatic carboxylic acids is 3. The first-order chi connectivity index (χ1) is 57.4. The van der Waals surface area contributed by atoms with Crippen LogP contribution in [-0.2, 0) is 38.2 Å². The Morgan fingerprint density at radius 3 is 1.31 bits per heavy atom. The molecule has 30 nitrogen and oxygen atoms in total. The smallest absolute Gasteiger partial charge is 0.339 e. The van der Waals surface area contributed by atoms with Crippen molar-refractivity contribution >= 4 is 142 Å². The van der Waals surface area contributed by atoms with E-state index < -0.39 is 69.9 Å². The maximum atomic E-state index is 13.1. The van der Waals surface area contributed by atoms with Gasteiger partial charge in [0.1, 0.15) is 0 Å². The van der Waals surface area contributed by atoms with Gasteiger partial charge in [-0.05, 0) is 148 Å². The van der Waals surface area contributed by atoms with Crippen LogP contribution in [0, 0.1) is 6.92 Å². The molecule has 0 aliphatic carbocycles. The maximum Gasteiger partial charge on any atom is 0.339 e. The average molecular weight is 1710 g/mol. The summed E-state index contributed by atoms with van der Waals surface area (Å²) in [4.78, 5) is 138. The molecule has 8 aromatic carbocycles. The molecule has 4 saturated heterocycles. The molecule has 119 heavy (non-hydrogen) atoms. The van der Waals surface area contributed by atoms with Crippen LogP contribution in [0.5, 0.6) is 0 Å². The first-order valence-corrected chi connectivity index (χ1v) is 42.6. The van der Waals surface area contributed by atoms with Crippen LogP contribution in [0.4, 0.5) is 10.5 Å². The number of unbranched alkanes of at least 4 members (excludes halogenated alkanes) is 2. The van der Waals surface area contributed by atoms with Crippen LogP contribution in [0.2, 0.25) is 0 Å². The van der Waals surface area contributed by atoms with Crippen molar-refractivity contribution in [2.45, 2.75) is 99.3 Å². The molecule has 12 rings (SSSR count). The number of amides is 5. The molecule has 15 N–H and O–H groups in total. The number of carboxylic acid groups (broad SMARTS) is 3. The molecule has 0 spiro atoms. The van der Waals surface area contributed by atoms with Gasteiger partial charge in [-0.25, -0.2) is 49.7 Å². The van der Waals surface area contributed by atoms with Crippen molar-refractivity contribution in [2.75, 3.05) is 72.0 Å². The predicted molar refractivity (Wildman–Crippen MR) is 457 cm³/mol. The zero-order valence-corrected chi connectivity index (χ0v) is 69.4. The highest BCUT2D eigenvalue weighted by molar-refractivity contribution is 8.00. The number of carboxylic acids is 3. The molecule has 8 aromatic rings. The van der Waals surface area contributed by atoms with Gasteiger partial charge in [-0.1, -0.05) is 134 Å². The summed E-state index contributed by atoms with van der Waals surface area (Å²) in [7, 11) is 2.90. The Kier molecular flexibility index (Phi) is 37.7. The van der Waals surface area contributed by atoms with Crippen molar-refractivity contribution in [3.8, 4) is 0 Å². The lowest BCUT2D eigenvalue weighted by Crippen LogP contribution is -2.38. The second-order valence-corrected chi connectivity index (χ2v) is 33.8. The normalized spacial score (nSPS) is 17.0. The lowest BCUT2D eigenvalue weighted by Gasteiger charge is -2.22. The van der Waals surface area contributed by atoms with Crippen molar-refractivity contribution < 1.29 is 102 Å². The molecule has 0 bridgehead atoms. The Morgan fingerprint density at radius 2 is 0.866 bits per heavy atom. The fourth-order valence-corrected chi connectivity index (χ4v) is 21.1. The summed E-state index contributed by atoms with van der Waals surface area (Å²) in [5.41, 5.74) is 10.6. The van der Waals surface area contributed by atoms with Gasteiger partial charge in [-0.15, -0.1) is 0 Å². The number of benzene rings is 8. The van der Waals surface area contributed by atoms with Crippen LogP contribution in [0.1, 0.15) is 140 Å². The largest absolute Gasteiger partial charge is 0.478 e. The number of esters is 4. The van der Waals surface area contributed by atoms with E-state index in [1.807, 2.05) is 145 Å². The summed E-state index contributed by atoms with van der Waals surface area (Å²) in [6.45, 7) is 2.82. The topological polar surface area (TPSA) is 460 Å². The number of carbonyl (C=O) groups excluding carboxylic acids is 8. The fourth-order valence-electron chi connectivity index (χ4n) is 13.1. The zero-order valence-electron chi connectivity index (χ0n) is 66.0. The van der Waals surface area contributed by atoms with Crippen LogP contribution in [0.25, 0.3) is 0 Å². The standard InChI is InChI=1S/C33H39N4O6PS.C21H17O4P.C12H22N4O3S.C10H10O4.C9H9NO4/c1-42-32(40)25-17-16-22(20-27(25)44(23-10-4-2-5-11-23)24-12-6-3-7-13-24)31(39)37-43-19-18-34-29(38)15-9-8-14-28-30-26(21-45-28)35-33(41)36-30;1-25-21(24)18-13-12-15(20(22)23)14-19(18)26(16-8-4-2-5-9-16)17-10-6-3-7-11-17;13-19-6-5-14-10(17)4-2-1-3-9-11-8(7-20-9)15-12(18)16-11;1-6-5-7(9(11)12)3-4-8(6)10(13)14-2;1-14-9(13)6-3-2-5(8(11)12)4-7(6)10/h2-7,10-13,16-17,20,26,28,30,33,35-36,41H,8-9,14-15,18-19,21H2,1H3,(H,34,38)(H,37,39);2-14H,1H3,(H,22,23);8-9,11H,1-7,13H2,(H,14,17)(H2,15,16,18);3-5H,1-2H3,(H,11,12);2-4H,10H2,1H3,(H,11,12)/t26?,28-,30?,33?;;8?,9-,11?;;/m1.1../s1. The lowest BCUT2D eigenvalue weighted by molar-refractivity contribution is -0.122. The van der Waals surface area contributed by atoms with Gasteiger partial charge in [0.05, 0.1) is 92.7 Å². The molecule has 4 aliphatic rings. The third-order valence-electron chi connectivity index (χ3n) is 18.9. The predicted octanol–water partition coefficient (Wildman–Crippen LogP) is 6.77. The fraction of sp³-hybridized carbons (Fsp3) is 0.306. The van der Waals surface area contributed by atoms with E-state index in [4.69, 9.17) is 36.2 Å². The minimum atomic E-state index is -1.17. The van der Waals surface area contributed by atoms with E-state index in [9.17, 15) is 63.0 Å². The van der Waals surface area contributed by atoms with Crippen molar-refractivity contribution in [1.82, 2.24) is 37.4 Å². The summed E-state index contributed by atoms with van der Waals surface area (Å²) in [6, 6.07) is 58.0. The molecule has 34 heteroatoms. The Labute approximate surface area is 699 Å². The minimum Gasteiger partial charge on any atom is -0.478 e. The van der Waals surface area contributed by atoms with Gasteiger partial charge in [0.2, 0.25) is 11.8 Å². The Bertz CT molecular complexity index is 4630. The molecular formula is C85H97N9O21P2S2. The first kappa shape index (κ1) is 93.3. The third-order valence-corrected chi connectivity index (χ3v) is 26.9. The zero-order chi connectivity index (χ0) is 85.9. The van der Waals surface area contributed by atoms with Gasteiger partial charge >= 0.3 is 47.8 Å². The van der Waals surface area contributed by atoms with E-state index in [0.717, 1.165) is 71.2 Å². The van der Waals surface area contributed by atoms with Gasteiger partial charge in [-0.3, -0.25) is 29.9 Å². The van der Waals surface area contributed by atoms with E-state index in [1.54, 1.807) is 31.2 Å². The van der Waals surface area contributed by atoms with E-state index in [1.165, 1.54) is 77.0 Å². The van der Waals surface area contributed by atoms with Crippen LogP contribution in [-0.4, -0.2) is 193 Å². The number of aryl methyl sites for hydroxylation is 1. The Balaban J connectivity index is 0.000000202. The van der Waals surface area contributed by atoms with Crippen LogP contribution < -0.4 is 80.8 Å². The maximum absolute atomic E-state index is 13.1. The van der Waals surface area contributed by atoms with Crippen LogP contribution in [0.3, 0.4) is 0 Å². The third kappa shape index (κ3) is 27.7. The number of fused-ring (bicyclic) bond motifs is 2. The lowest BCUT2D eigenvalue weighted by atomic mass is 10.0. The molecule has 4 fully saturated rings. The number of carbonyl (C=O) groups is 11. The number of hydrogen-bond donors (Lipinski definition) is 13. The highest BCUT2D eigenvalue weighted by Crippen LogP contribution is 2.38. The molecule has 5 unspecified atom stereocenters. The molecule has 5 amide bonds. The molecule has 0 radical (unpaired) electrons. The number of urea groups is 1. The second kappa shape index (κ2) is 48.0. The monoisotopic (exact) mass is 1710 g/mol. The molecule has 4 heterocycles. The van der Waals surface area contributed by atoms with E-state index in [2.05, 4.69) is 51.7 Å². The summed E-state index contributed by atoms with van der Waals surface area (Å²) in [5, 5.41) is 60.6. The molecule has 7 atom stereocenters. The number of nitrogen functional groups attached to an aromatic ring is 1. The van der Waals surface area contributed by atoms with Gasteiger partial charge in [0, 0.05) is 81.9 Å². The van der Waals surface area contributed by atoms with Gasteiger partial charge in [0.25, 0.3) is 5.91 Å².